The van der Waals surface area contributed by atoms with Crippen molar-refractivity contribution in [2.24, 2.45) is 0 Å². The number of Topliss-reactive ketones (excluding diaryl/α,β-unsaturated/α-hetero) is 1. The van der Waals surface area contributed by atoms with Gasteiger partial charge in [0.15, 0.2) is 5.78 Å². The van der Waals surface area contributed by atoms with Crippen LogP contribution in [0.3, 0.4) is 0 Å². The van der Waals surface area contributed by atoms with E-state index < -0.39 is 5.60 Å². The Morgan fingerprint density at radius 3 is 2.70 bits per heavy atom. The highest BCUT2D eigenvalue weighted by atomic mass is 19.1. The molecule has 2 aromatic carbocycles. The summed E-state index contributed by atoms with van der Waals surface area (Å²) in [4.78, 5) is 12.2. The van der Waals surface area contributed by atoms with Gasteiger partial charge in [0, 0.05) is 11.1 Å². The van der Waals surface area contributed by atoms with E-state index in [2.05, 4.69) is 0 Å². The van der Waals surface area contributed by atoms with Crippen molar-refractivity contribution >= 4 is 5.78 Å². The van der Waals surface area contributed by atoms with E-state index in [-0.39, 0.29) is 18.2 Å². The summed E-state index contributed by atoms with van der Waals surface area (Å²) < 4.78 is 25.4. The Morgan fingerprint density at radius 2 is 1.96 bits per heavy atom. The van der Waals surface area contributed by atoms with Crippen LogP contribution in [0.15, 0.2) is 36.4 Å². The van der Waals surface area contributed by atoms with Crippen LogP contribution in [0.4, 0.5) is 4.39 Å². The van der Waals surface area contributed by atoms with Crippen molar-refractivity contribution in [3.63, 3.8) is 0 Å². The molecule has 3 rings (SSSR count). The second-order valence-electron chi connectivity index (χ2n) is 6.41. The first-order valence-corrected chi connectivity index (χ1v) is 7.59. The zero-order valence-electron chi connectivity index (χ0n) is 13.5. The first kappa shape index (κ1) is 15.5. The topological polar surface area (TPSA) is 35.5 Å². The lowest BCUT2D eigenvalue weighted by molar-refractivity contribution is 0.0613. The first-order chi connectivity index (χ1) is 10.9. The lowest BCUT2D eigenvalue weighted by atomic mass is 9.91. The molecule has 0 spiro atoms. The third-order valence-corrected chi connectivity index (χ3v) is 3.96. The molecule has 0 amide bonds. The van der Waals surface area contributed by atoms with Gasteiger partial charge in [0.25, 0.3) is 0 Å². The van der Waals surface area contributed by atoms with Crippen LogP contribution in [0.2, 0.25) is 0 Å². The fourth-order valence-corrected chi connectivity index (χ4v) is 2.75. The average molecular weight is 314 g/mol. The Hall–Kier alpha value is -2.36. The van der Waals surface area contributed by atoms with Gasteiger partial charge in [-0.25, -0.2) is 4.39 Å². The van der Waals surface area contributed by atoms with Gasteiger partial charge in [0.2, 0.25) is 0 Å². The summed E-state index contributed by atoms with van der Waals surface area (Å²) in [5.41, 5.74) is 1.31. The number of ether oxygens (including phenoxy) is 2. The Kier molecular flexibility index (Phi) is 3.84. The summed E-state index contributed by atoms with van der Waals surface area (Å²) in [7, 11) is 0. The Morgan fingerprint density at radius 1 is 1.22 bits per heavy atom. The molecule has 0 unspecified atom stereocenters. The highest BCUT2D eigenvalue weighted by Crippen LogP contribution is 2.39. The molecule has 23 heavy (non-hydrogen) atoms. The Balaban J connectivity index is 1.88. The molecule has 0 N–H and O–H groups in total. The Labute approximate surface area is 135 Å². The maximum atomic E-state index is 13.7. The van der Waals surface area contributed by atoms with E-state index in [1.54, 1.807) is 30.3 Å². The lowest BCUT2D eigenvalue weighted by Crippen LogP contribution is -2.36. The van der Waals surface area contributed by atoms with E-state index in [0.717, 1.165) is 5.56 Å². The van der Waals surface area contributed by atoms with E-state index in [9.17, 15) is 9.18 Å². The summed E-state index contributed by atoms with van der Waals surface area (Å²) in [5.74, 6) is 0.936. The molecule has 120 valence electrons. The number of carbonyl (C=O) groups excluding carboxylic acids is 1. The smallest absolute Gasteiger partial charge is 0.170 e. The van der Waals surface area contributed by atoms with Crippen LogP contribution in [0, 0.1) is 12.7 Å². The third kappa shape index (κ3) is 3.07. The van der Waals surface area contributed by atoms with Crippen molar-refractivity contribution in [3.8, 4) is 11.5 Å². The standard InChI is InChI=1S/C19H19FO3/c1-12-17(22-11-13-6-4-5-7-15(13)20)9-8-14-16(21)10-19(2,3)23-18(12)14/h4-9H,10-11H2,1-3H3. The molecule has 1 aliphatic heterocycles. The highest BCUT2D eigenvalue weighted by molar-refractivity contribution is 6.01. The number of benzene rings is 2. The highest BCUT2D eigenvalue weighted by Gasteiger charge is 2.34. The number of rotatable bonds is 3. The molecule has 0 aliphatic carbocycles. The van der Waals surface area contributed by atoms with Gasteiger partial charge in [0.1, 0.15) is 29.5 Å². The maximum Gasteiger partial charge on any atom is 0.170 e. The molecule has 0 saturated carbocycles. The van der Waals surface area contributed by atoms with Gasteiger partial charge in [0.05, 0.1) is 12.0 Å². The van der Waals surface area contributed by atoms with Gasteiger partial charge >= 0.3 is 0 Å². The van der Waals surface area contributed by atoms with Gasteiger partial charge < -0.3 is 9.47 Å². The maximum absolute atomic E-state index is 13.7. The minimum absolute atomic E-state index is 0.0694. The SMILES string of the molecule is Cc1c(OCc2ccccc2F)ccc2c1OC(C)(C)CC2=O. The molecule has 0 radical (unpaired) electrons. The quantitative estimate of drug-likeness (QED) is 0.839. The van der Waals surface area contributed by atoms with Crippen LogP contribution in [0.25, 0.3) is 0 Å². The van der Waals surface area contributed by atoms with E-state index in [4.69, 9.17) is 9.47 Å². The number of hydrogen-bond donors (Lipinski definition) is 0. The van der Waals surface area contributed by atoms with Crippen LogP contribution >= 0.6 is 0 Å². The third-order valence-electron chi connectivity index (χ3n) is 3.96. The van der Waals surface area contributed by atoms with Crippen molar-refractivity contribution in [3.05, 3.63) is 58.9 Å². The normalized spacial score (nSPS) is 15.7. The molecular formula is C19H19FO3. The summed E-state index contributed by atoms with van der Waals surface area (Å²) >= 11 is 0. The summed E-state index contributed by atoms with van der Waals surface area (Å²) in [5, 5.41) is 0. The fourth-order valence-electron chi connectivity index (χ4n) is 2.75. The molecular weight excluding hydrogens is 295 g/mol. The molecule has 0 fully saturated rings. The van der Waals surface area contributed by atoms with Crippen LogP contribution < -0.4 is 9.47 Å². The van der Waals surface area contributed by atoms with Crippen molar-refractivity contribution in [1.82, 2.24) is 0 Å². The van der Waals surface area contributed by atoms with E-state index >= 15 is 0 Å². The van der Waals surface area contributed by atoms with Gasteiger partial charge in [-0.3, -0.25) is 4.79 Å². The zero-order valence-corrected chi connectivity index (χ0v) is 13.5. The summed E-state index contributed by atoms with van der Waals surface area (Å²) in [6.07, 6.45) is 0.356. The average Bonchev–Trinajstić information content (AvgIpc) is 2.48. The number of hydrogen-bond acceptors (Lipinski definition) is 3. The monoisotopic (exact) mass is 314 g/mol. The van der Waals surface area contributed by atoms with Gasteiger partial charge in [-0.05, 0) is 39.0 Å². The van der Waals surface area contributed by atoms with Crippen LogP contribution in [0.1, 0.15) is 41.8 Å². The molecule has 3 nitrogen and oxygen atoms in total. The second-order valence-corrected chi connectivity index (χ2v) is 6.41. The van der Waals surface area contributed by atoms with Gasteiger partial charge in [-0.15, -0.1) is 0 Å². The molecule has 0 bridgehead atoms. The van der Waals surface area contributed by atoms with E-state index in [1.165, 1.54) is 6.07 Å². The second kappa shape index (κ2) is 5.69. The Bertz CT molecular complexity index is 765. The van der Waals surface area contributed by atoms with Crippen molar-refractivity contribution < 1.29 is 18.7 Å². The minimum Gasteiger partial charge on any atom is -0.488 e. The van der Waals surface area contributed by atoms with Crippen molar-refractivity contribution in [2.45, 2.75) is 39.4 Å². The molecule has 0 saturated heterocycles. The summed E-state index contributed by atoms with van der Waals surface area (Å²) in [6.45, 7) is 5.76. The zero-order chi connectivity index (χ0) is 16.6. The van der Waals surface area contributed by atoms with Crippen LogP contribution in [0.5, 0.6) is 11.5 Å². The number of halogens is 1. The predicted octanol–water partition coefficient (Wildman–Crippen LogP) is 4.46. The van der Waals surface area contributed by atoms with Crippen LogP contribution in [-0.4, -0.2) is 11.4 Å². The van der Waals surface area contributed by atoms with Crippen LogP contribution in [-0.2, 0) is 6.61 Å². The molecule has 0 atom stereocenters. The molecule has 1 heterocycles. The molecule has 4 heteroatoms. The largest absolute Gasteiger partial charge is 0.488 e. The van der Waals surface area contributed by atoms with E-state index in [0.29, 0.717) is 29.0 Å². The lowest BCUT2D eigenvalue weighted by Gasteiger charge is -2.33. The number of ketones is 1. The van der Waals surface area contributed by atoms with Crippen molar-refractivity contribution in [2.75, 3.05) is 0 Å². The summed E-state index contributed by atoms with van der Waals surface area (Å²) in [6, 6.07) is 9.97. The molecule has 0 aromatic heterocycles. The van der Waals surface area contributed by atoms with Gasteiger partial charge in [-0.1, -0.05) is 18.2 Å². The first-order valence-electron chi connectivity index (χ1n) is 7.59. The minimum atomic E-state index is -0.529. The fraction of sp³-hybridized carbons (Fsp3) is 0.316. The number of fused-ring (bicyclic) bond motifs is 1. The molecule has 1 aliphatic rings. The van der Waals surface area contributed by atoms with Crippen molar-refractivity contribution in [1.29, 1.82) is 0 Å². The number of carbonyl (C=O) groups is 1. The van der Waals surface area contributed by atoms with Gasteiger partial charge in [-0.2, -0.15) is 0 Å². The predicted molar refractivity (Wildman–Crippen MR) is 85.6 cm³/mol. The van der Waals surface area contributed by atoms with E-state index in [1.807, 2.05) is 20.8 Å². The molecule has 2 aromatic rings.